The minimum Gasteiger partial charge on any atom is -0.352 e. The topological polar surface area (TPSA) is 58.2 Å². The fourth-order valence-corrected chi connectivity index (χ4v) is 2.47. The van der Waals surface area contributed by atoms with Crippen molar-refractivity contribution >= 4 is 23.6 Å². The Morgan fingerprint density at radius 3 is 2.65 bits per heavy atom. The zero-order chi connectivity index (χ0) is 15.0. The maximum atomic E-state index is 11.6. The number of amides is 2. The summed E-state index contributed by atoms with van der Waals surface area (Å²) in [5, 5.41) is 5.34. The first-order valence-corrected chi connectivity index (χ1v) is 7.82. The molecule has 2 N–H and O–H groups in total. The molecule has 1 rings (SSSR count). The van der Waals surface area contributed by atoms with Crippen LogP contribution in [-0.4, -0.2) is 30.2 Å². The van der Waals surface area contributed by atoms with Gasteiger partial charge in [0, 0.05) is 11.8 Å². The normalized spacial score (nSPS) is 10.4. The molecule has 1 aromatic carbocycles. The van der Waals surface area contributed by atoms with Gasteiger partial charge in [-0.25, -0.2) is 0 Å². The van der Waals surface area contributed by atoms with Crippen LogP contribution in [0.1, 0.15) is 25.0 Å². The highest BCUT2D eigenvalue weighted by molar-refractivity contribution is 7.99. The first-order valence-electron chi connectivity index (χ1n) is 6.66. The van der Waals surface area contributed by atoms with Gasteiger partial charge in [-0.3, -0.25) is 9.59 Å². The smallest absolute Gasteiger partial charge is 0.239 e. The predicted octanol–water partition coefficient (Wildman–Crippen LogP) is 1.87. The second-order valence-electron chi connectivity index (χ2n) is 4.98. The maximum Gasteiger partial charge on any atom is 0.239 e. The lowest BCUT2D eigenvalue weighted by molar-refractivity contribution is -0.125. The number of nitrogens with one attached hydrogen (secondary N) is 2. The summed E-state index contributed by atoms with van der Waals surface area (Å²) in [6.45, 7) is 5.87. The molecule has 20 heavy (non-hydrogen) atoms. The van der Waals surface area contributed by atoms with Crippen LogP contribution in [0.15, 0.2) is 24.3 Å². The van der Waals surface area contributed by atoms with E-state index in [9.17, 15) is 9.59 Å². The van der Waals surface area contributed by atoms with Gasteiger partial charge in [0.2, 0.25) is 11.8 Å². The Labute approximate surface area is 124 Å². The van der Waals surface area contributed by atoms with Crippen LogP contribution in [0.4, 0.5) is 0 Å². The third kappa shape index (κ3) is 7.19. The highest BCUT2D eigenvalue weighted by Gasteiger charge is 2.06. The van der Waals surface area contributed by atoms with Crippen LogP contribution in [0.5, 0.6) is 0 Å². The molecule has 0 aliphatic carbocycles. The minimum absolute atomic E-state index is 0.0437. The molecule has 0 aliphatic rings. The van der Waals surface area contributed by atoms with Gasteiger partial charge in [0.15, 0.2) is 0 Å². The Hall–Kier alpha value is -1.49. The molecular weight excluding hydrogens is 272 g/mol. The summed E-state index contributed by atoms with van der Waals surface area (Å²) < 4.78 is 0. The molecule has 4 nitrogen and oxygen atoms in total. The summed E-state index contributed by atoms with van der Waals surface area (Å²) in [7, 11) is 0. The lowest BCUT2D eigenvalue weighted by Crippen LogP contribution is -2.40. The van der Waals surface area contributed by atoms with E-state index in [0.29, 0.717) is 5.75 Å². The molecule has 1 aromatic rings. The van der Waals surface area contributed by atoms with Gasteiger partial charge >= 0.3 is 0 Å². The summed E-state index contributed by atoms with van der Waals surface area (Å²) in [4.78, 5) is 22.9. The van der Waals surface area contributed by atoms with Crippen molar-refractivity contribution in [3.05, 3.63) is 35.4 Å². The predicted molar refractivity (Wildman–Crippen MR) is 83.6 cm³/mol. The van der Waals surface area contributed by atoms with Crippen LogP contribution >= 0.6 is 11.8 Å². The lowest BCUT2D eigenvalue weighted by atomic mass is 10.2. The SMILES string of the molecule is Cc1cccc(CSCC(=O)NCC(=O)NC(C)C)c1. The molecule has 0 atom stereocenters. The second kappa shape index (κ2) is 8.64. The summed E-state index contributed by atoms with van der Waals surface area (Å²) in [6.07, 6.45) is 0. The van der Waals surface area contributed by atoms with Crippen LogP contribution in [0.2, 0.25) is 0 Å². The van der Waals surface area contributed by atoms with E-state index < -0.39 is 0 Å². The first-order chi connectivity index (χ1) is 9.47. The fraction of sp³-hybridized carbons (Fsp3) is 0.467. The van der Waals surface area contributed by atoms with Crippen molar-refractivity contribution in [3.8, 4) is 0 Å². The van der Waals surface area contributed by atoms with E-state index in [1.807, 2.05) is 39.0 Å². The van der Waals surface area contributed by atoms with Crippen LogP contribution in [0.25, 0.3) is 0 Å². The lowest BCUT2D eigenvalue weighted by Gasteiger charge is -2.09. The van der Waals surface area contributed by atoms with Crippen LogP contribution in [0.3, 0.4) is 0 Å². The molecule has 5 heteroatoms. The maximum absolute atomic E-state index is 11.6. The van der Waals surface area contributed by atoms with Gasteiger partial charge in [0.1, 0.15) is 0 Å². The third-order valence-electron chi connectivity index (χ3n) is 2.48. The average Bonchev–Trinajstić information content (AvgIpc) is 2.36. The van der Waals surface area contributed by atoms with Crippen molar-refractivity contribution in [2.75, 3.05) is 12.3 Å². The van der Waals surface area contributed by atoms with Gasteiger partial charge in [0.05, 0.1) is 12.3 Å². The van der Waals surface area contributed by atoms with Crippen LogP contribution in [-0.2, 0) is 15.3 Å². The molecule has 0 heterocycles. The van der Waals surface area contributed by atoms with E-state index in [0.717, 1.165) is 5.75 Å². The van der Waals surface area contributed by atoms with Crippen molar-refractivity contribution in [1.29, 1.82) is 0 Å². The van der Waals surface area contributed by atoms with E-state index >= 15 is 0 Å². The number of carbonyl (C=O) groups is 2. The van der Waals surface area contributed by atoms with Gasteiger partial charge in [-0.05, 0) is 26.3 Å². The van der Waals surface area contributed by atoms with Gasteiger partial charge in [0.25, 0.3) is 0 Å². The number of benzene rings is 1. The number of hydrogen-bond acceptors (Lipinski definition) is 3. The van der Waals surface area contributed by atoms with Crippen molar-refractivity contribution < 1.29 is 9.59 Å². The number of carbonyl (C=O) groups excluding carboxylic acids is 2. The molecule has 0 saturated carbocycles. The van der Waals surface area contributed by atoms with Crippen molar-refractivity contribution in [3.63, 3.8) is 0 Å². The molecule has 0 bridgehead atoms. The van der Waals surface area contributed by atoms with Gasteiger partial charge in [-0.1, -0.05) is 29.8 Å². The highest BCUT2D eigenvalue weighted by Crippen LogP contribution is 2.12. The molecule has 0 saturated heterocycles. The van der Waals surface area contributed by atoms with E-state index in [2.05, 4.69) is 16.7 Å². The number of thioether (sulfide) groups is 1. The van der Waals surface area contributed by atoms with Gasteiger partial charge in [-0.2, -0.15) is 0 Å². The highest BCUT2D eigenvalue weighted by atomic mass is 32.2. The van der Waals surface area contributed by atoms with E-state index in [1.165, 1.54) is 11.1 Å². The standard InChI is InChI=1S/C15H22N2O2S/c1-11(2)17-14(18)8-16-15(19)10-20-9-13-6-4-5-12(3)7-13/h4-7,11H,8-10H2,1-3H3,(H,16,19)(H,17,18). The second-order valence-corrected chi connectivity index (χ2v) is 5.97. The summed E-state index contributed by atoms with van der Waals surface area (Å²) >= 11 is 1.54. The van der Waals surface area contributed by atoms with E-state index in [-0.39, 0.29) is 24.4 Å². The number of aryl methyl sites for hydroxylation is 1. The molecule has 0 radical (unpaired) electrons. The van der Waals surface area contributed by atoms with E-state index in [4.69, 9.17) is 0 Å². The average molecular weight is 294 g/mol. The molecule has 0 spiro atoms. The number of rotatable bonds is 7. The zero-order valence-corrected chi connectivity index (χ0v) is 13.0. The van der Waals surface area contributed by atoms with Crippen LogP contribution < -0.4 is 10.6 Å². The fourth-order valence-electron chi connectivity index (χ4n) is 1.67. The zero-order valence-electron chi connectivity index (χ0n) is 12.2. The Balaban J connectivity index is 2.19. The Bertz CT molecular complexity index is 461. The summed E-state index contributed by atoms with van der Waals surface area (Å²) in [5.41, 5.74) is 2.43. The molecule has 2 amide bonds. The summed E-state index contributed by atoms with van der Waals surface area (Å²) in [5.74, 6) is 0.898. The van der Waals surface area contributed by atoms with E-state index in [1.54, 1.807) is 11.8 Å². The van der Waals surface area contributed by atoms with Gasteiger partial charge in [-0.15, -0.1) is 11.8 Å². The Kier molecular flexibility index (Phi) is 7.15. The molecular formula is C15H22N2O2S. The molecule has 0 aromatic heterocycles. The quantitative estimate of drug-likeness (QED) is 0.807. The Morgan fingerprint density at radius 1 is 1.25 bits per heavy atom. The molecule has 110 valence electrons. The van der Waals surface area contributed by atoms with Gasteiger partial charge < -0.3 is 10.6 Å². The molecule has 0 fully saturated rings. The summed E-state index contributed by atoms with van der Waals surface area (Å²) in [6, 6.07) is 8.32. The van der Waals surface area contributed by atoms with Crippen molar-refractivity contribution in [2.24, 2.45) is 0 Å². The molecule has 0 unspecified atom stereocenters. The van der Waals surface area contributed by atoms with Crippen LogP contribution in [0, 0.1) is 6.92 Å². The van der Waals surface area contributed by atoms with Crippen molar-refractivity contribution in [1.82, 2.24) is 10.6 Å². The first kappa shape index (κ1) is 16.6. The largest absolute Gasteiger partial charge is 0.352 e. The monoisotopic (exact) mass is 294 g/mol. The minimum atomic E-state index is -0.156. The molecule has 0 aliphatic heterocycles. The Morgan fingerprint density at radius 2 is 2.00 bits per heavy atom. The van der Waals surface area contributed by atoms with Crippen molar-refractivity contribution in [2.45, 2.75) is 32.6 Å². The third-order valence-corrected chi connectivity index (χ3v) is 3.48. The number of hydrogen-bond donors (Lipinski definition) is 2.